The van der Waals surface area contributed by atoms with E-state index in [-0.39, 0.29) is 17.9 Å². The van der Waals surface area contributed by atoms with E-state index in [0.717, 1.165) is 11.6 Å². The highest BCUT2D eigenvalue weighted by Crippen LogP contribution is 2.36. The minimum atomic E-state index is -1.87. The molecular formula is C20H24O8. The van der Waals surface area contributed by atoms with Crippen LogP contribution in [-0.2, 0) is 4.74 Å². The van der Waals surface area contributed by atoms with Crippen molar-refractivity contribution in [3.05, 3.63) is 59.4 Å². The van der Waals surface area contributed by atoms with Crippen molar-refractivity contribution < 1.29 is 40.5 Å². The standard InChI is InChI=1S/C20H24O8/c21-10-15-16(24)17(25)18(26)19(28-15)20(27)8-12(7-14(23)9-20)2-1-11-3-5-13(22)6-4-11/h1-7,9,15-19,21-27H,8,10H2/t15-,16-,17+,18-,19?,20?/m1/s1. The summed E-state index contributed by atoms with van der Waals surface area (Å²) in [5.74, 6) is -0.123. The van der Waals surface area contributed by atoms with Crippen LogP contribution in [0.2, 0.25) is 0 Å². The Morgan fingerprint density at radius 2 is 1.68 bits per heavy atom. The van der Waals surface area contributed by atoms with Crippen LogP contribution in [0.15, 0.2) is 53.8 Å². The molecule has 2 unspecified atom stereocenters. The molecular weight excluding hydrogens is 368 g/mol. The number of hydrogen-bond acceptors (Lipinski definition) is 8. The lowest BCUT2D eigenvalue weighted by atomic mass is 9.78. The van der Waals surface area contributed by atoms with Crippen LogP contribution >= 0.6 is 0 Å². The molecule has 1 aliphatic carbocycles. The summed E-state index contributed by atoms with van der Waals surface area (Å²) in [5.41, 5.74) is -0.571. The molecule has 8 nitrogen and oxygen atoms in total. The maximum atomic E-state index is 11.1. The van der Waals surface area contributed by atoms with Gasteiger partial charge in [0.2, 0.25) is 0 Å². The summed E-state index contributed by atoms with van der Waals surface area (Å²) in [6.45, 7) is -0.614. The van der Waals surface area contributed by atoms with E-state index >= 15 is 0 Å². The Bertz CT molecular complexity index is 782. The fourth-order valence-corrected chi connectivity index (χ4v) is 3.51. The average molecular weight is 392 g/mol. The van der Waals surface area contributed by atoms with Crippen LogP contribution in [0.1, 0.15) is 12.0 Å². The fraction of sp³-hybridized carbons (Fsp3) is 0.400. The molecule has 1 aromatic rings. The molecule has 1 fully saturated rings. The Hall–Kier alpha value is -2.20. The zero-order valence-corrected chi connectivity index (χ0v) is 15.0. The number of benzene rings is 1. The predicted molar refractivity (Wildman–Crippen MR) is 99.3 cm³/mol. The van der Waals surface area contributed by atoms with Crippen molar-refractivity contribution in [1.82, 2.24) is 0 Å². The van der Waals surface area contributed by atoms with Crippen LogP contribution in [-0.4, -0.2) is 78.5 Å². The molecule has 1 saturated heterocycles. The average Bonchev–Trinajstić information content (AvgIpc) is 2.65. The van der Waals surface area contributed by atoms with Gasteiger partial charge in [0.15, 0.2) is 0 Å². The smallest absolute Gasteiger partial charge is 0.119 e. The van der Waals surface area contributed by atoms with Crippen LogP contribution in [0.3, 0.4) is 0 Å². The quantitative estimate of drug-likeness (QED) is 0.371. The number of aromatic hydroxyl groups is 1. The van der Waals surface area contributed by atoms with Gasteiger partial charge in [0.1, 0.15) is 47.6 Å². The number of phenolic OH excluding ortho intramolecular Hbond substituents is 1. The number of allylic oxidation sites excluding steroid dienone is 2. The monoisotopic (exact) mass is 392 g/mol. The minimum Gasteiger partial charge on any atom is -0.508 e. The predicted octanol–water partition coefficient (Wildman–Crippen LogP) is -0.249. The Balaban J connectivity index is 1.82. The third-order valence-electron chi connectivity index (χ3n) is 4.99. The highest BCUT2D eigenvalue weighted by Gasteiger charge is 2.52. The first-order valence-electron chi connectivity index (χ1n) is 8.86. The third-order valence-corrected chi connectivity index (χ3v) is 4.99. The van der Waals surface area contributed by atoms with E-state index in [1.807, 2.05) is 0 Å². The highest BCUT2D eigenvalue weighted by molar-refractivity contribution is 5.55. The molecule has 7 N–H and O–H groups in total. The van der Waals surface area contributed by atoms with Crippen LogP contribution in [0.25, 0.3) is 6.08 Å². The van der Waals surface area contributed by atoms with E-state index in [4.69, 9.17) is 4.74 Å². The van der Waals surface area contributed by atoms with Gasteiger partial charge >= 0.3 is 0 Å². The molecule has 152 valence electrons. The molecule has 0 saturated carbocycles. The minimum absolute atomic E-state index is 0.0473. The molecule has 0 radical (unpaired) electrons. The molecule has 28 heavy (non-hydrogen) atoms. The van der Waals surface area contributed by atoms with Gasteiger partial charge in [-0.3, -0.25) is 0 Å². The fourth-order valence-electron chi connectivity index (χ4n) is 3.51. The first kappa shape index (κ1) is 20.5. The Morgan fingerprint density at radius 3 is 2.32 bits per heavy atom. The number of ether oxygens (including phenoxy) is 1. The van der Waals surface area contributed by atoms with E-state index < -0.39 is 42.7 Å². The molecule has 1 aliphatic heterocycles. The van der Waals surface area contributed by atoms with Gasteiger partial charge in [-0.25, -0.2) is 0 Å². The van der Waals surface area contributed by atoms with Gasteiger partial charge < -0.3 is 40.5 Å². The van der Waals surface area contributed by atoms with Crippen LogP contribution in [0.5, 0.6) is 5.75 Å². The van der Waals surface area contributed by atoms with E-state index in [1.54, 1.807) is 24.3 Å². The molecule has 0 aromatic heterocycles. The Labute approximate surface area is 161 Å². The molecule has 1 aromatic carbocycles. The molecule has 0 spiro atoms. The van der Waals surface area contributed by atoms with Crippen LogP contribution < -0.4 is 0 Å². The van der Waals surface area contributed by atoms with Gasteiger partial charge in [0, 0.05) is 6.42 Å². The maximum Gasteiger partial charge on any atom is 0.119 e. The molecule has 1 heterocycles. The Kier molecular flexibility index (Phi) is 5.90. The third kappa shape index (κ3) is 4.12. The van der Waals surface area contributed by atoms with Crippen molar-refractivity contribution in [2.45, 2.75) is 42.5 Å². The largest absolute Gasteiger partial charge is 0.508 e. The van der Waals surface area contributed by atoms with Crippen molar-refractivity contribution in [3.63, 3.8) is 0 Å². The molecule has 0 bridgehead atoms. The van der Waals surface area contributed by atoms with Crippen molar-refractivity contribution in [1.29, 1.82) is 0 Å². The molecule has 6 atom stereocenters. The van der Waals surface area contributed by atoms with E-state index in [1.165, 1.54) is 18.2 Å². The molecule has 3 rings (SSSR count). The van der Waals surface area contributed by atoms with Crippen molar-refractivity contribution in [2.75, 3.05) is 6.61 Å². The lowest BCUT2D eigenvalue weighted by Gasteiger charge is -2.46. The molecule has 8 heteroatoms. The first-order valence-corrected chi connectivity index (χ1v) is 8.86. The van der Waals surface area contributed by atoms with E-state index in [9.17, 15) is 35.7 Å². The second-order valence-corrected chi connectivity index (χ2v) is 7.13. The number of phenols is 1. The zero-order chi connectivity index (χ0) is 20.5. The van der Waals surface area contributed by atoms with E-state index in [2.05, 4.69) is 0 Å². The van der Waals surface area contributed by atoms with Gasteiger partial charge in [-0.2, -0.15) is 0 Å². The molecule has 2 aliphatic rings. The summed E-state index contributed by atoms with van der Waals surface area (Å²) in [4.78, 5) is 0. The normalized spacial score (nSPS) is 36.2. The second-order valence-electron chi connectivity index (χ2n) is 7.13. The summed E-state index contributed by atoms with van der Waals surface area (Å²) >= 11 is 0. The Morgan fingerprint density at radius 1 is 1.00 bits per heavy atom. The molecule has 0 amide bonds. The maximum absolute atomic E-state index is 11.1. The second kappa shape index (κ2) is 8.04. The summed E-state index contributed by atoms with van der Waals surface area (Å²) in [6.07, 6.45) is -1.46. The highest BCUT2D eigenvalue weighted by atomic mass is 16.6. The number of aliphatic hydroxyl groups is 6. The van der Waals surface area contributed by atoms with Crippen LogP contribution in [0.4, 0.5) is 0 Å². The summed E-state index contributed by atoms with van der Waals surface area (Å²) in [6, 6.07) is 6.43. The van der Waals surface area contributed by atoms with Gasteiger partial charge in [0.25, 0.3) is 0 Å². The van der Waals surface area contributed by atoms with Crippen molar-refractivity contribution >= 4 is 6.08 Å². The van der Waals surface area contributed by atoms with Gasteiger partial charge in [-0.05, 0) is 35.4 Å². The summed E-state index contributed by atoms with van der Waals surface area (Å²) < 4.78 is 5.45. The van der Waals surface area contributed by atoms with Gasteiger partial charge in [0.05, 0.1) is 6.61 Å². The van der Waals surface area contributed by atoms with Gasteiger partial charge in [-0.15, -0.1) is 0 Å². The summed E-state index contributed by atoms with van der Waals surface area (Å²) in [5, 5.41) is 70.0. The van der Waals surface area contributed by atoms with Gasteiger partial charge in [-0.1, -0.05) is 24.3 Å². The summed E-state index contributed by atoms with van der Waals surface area (Å²) in [7, 11) is 0. The van der Waals surface area contributed by atoms with Crippen LogP contribution in [0, 0.1) is 0 Å². The lowest BCUT2D eigenvalue weighted by Crippen LogP contribution is -2.65. The lowest BCUT2D eigenvalue weighted by molar-refractivity contribution is -0.261. The first-order chi connectivity index (χ1) is 13.2. The number of aliphatic hydroxyl groups excluding tert-OH is 5. The van der Waals surface area contributed by atoms with Crippen molar-refractivity contribution in [3.8, 4) is 5.75 Å². The SMILES string of the molecule is OC[C@H]1OC(C2(O)C=C(O)C=C(C=Cc3ccc(O)cc3)C2)[C@H](O)[C@@H](O)[C@@H]1O. The van der Waals surface area contributed by atoms with Crippen molar-refractivity contribution in [2.24, 2.45) is 0 Å². The number of hydrogen-bond donors (Lipinski definition) is 7. The number of rotatable bonds is 4. The topological polar surface area (TPSA) is 151 Å². The zero-order valence-electron chi connectivity index (χ0n) is 15.0. The van der Waals surface area contributed by atoms with E-state index in [0.29, 0.717) is 5.57 Å².